The quantitative estimate of drug-likeness (QED) is 0.520. The SMILES string of the molecule is CC(=O)NSN1CCC(NC=O)C(C#N)C1. The Balaban J connectivity index is 2.43. The van der Waals surface area contributed by atoms with Crippen LogP contribution in [-0.2, 0) is 9.59 Å². The van der Waals surface area contributed by atoms with Gasteiger partial charge in [0.05, 0.1) is 12.0 Å². The molecule has 1 heterocycles. The number of hydrogen-bond acceptors (Lipinski definition) is 5. The highest BCUT2D eigenvalue weighted by Gasteiger charge is 2.29. The molecule has 0 aliphatic carbocycles. The molecule has 1 aliphatic rings. The predicted molar refractivity (Wildman–Crippen MR) is 59.7 cm³/mol. The smallest absolute Gasteiger partial charge is 0.227 e. The number of amides is 2. The maximum Gasteiger partial charge on any atom is 0.227 e. The molecule has 0 bridgehead atoms. The van der Waals surface area contributed by atoms with E-state index in [9.17, 15) is 9.59 Å². The van der Waals surface area contributed by atoms with Gasteiger partial charge in [0.2, 0.25) is 12.3 Å². The van der Waals surface area contributed by atoms with Crippen LogP contribution in [0.4, 0.5) is 0 Å². The van der Waals surface area contributed by atoms with E-state index >= 15 is 0 Å². The number of nitrogens with zero attached hydrogens (tertiary/aromatic N) is 2. The highest BCUT2D eigenvalue weighted by Crippen LogP contribution is 2.20. The van der Waals surface area contributed by atoms with Crippen molar-refractivity contribution in [2.45, 2.75) is 19.4 Å². The molecule has 7 heteroatoms. The predicted octanol–water partition coefficient (Wildman–Crippen LogP) is -0.354. The zero-order chi connectivity index (χ0) is 12.0. The Morgan fingerprint density at radius 2 is 2.44 bits per heavy atom. The molecule has 1 rings (SSSR count). The molecule has 0 aromatic rings. The lowest BCUT2D eigenvalue weighted by Crippen LogP contribution is -2.47. The van der Waals surface area contributed by atoms with Gasteiger partial charge in [0, 0.05) is 38.2 Å². The van der Waals surface area contributed by atoms with E-state index in [2.05, 4.69) is 16.1 Å². The standard InChI is InChI=1S/C9H14N4O2S/c1-7(15)12-16-13-3-2-9(11-6-14)8(4-10)5-13/h6,8-9H,2-3,5H2,1H3,(H,11,14)(H,12,15). The van der Waals surface area contributed by atoms with E-state index in [1.807, 2.05) is 4.31 Å². The van der Waals surface area contributed by atoms with Crippen LogP contribution in [-0.4, -0.2) is 35.8 Å². The number of piperidine rings is 1. The number of nitriles is 1. The molecular formula is C9H14N4O2S. The molecule has 6 nitrogen and oxygen atoms in total. The molecule has 2 amide bonds. The Morgan fingerprint density at radius 3 is 3.00 bits per heavy atom. The Bertz CT molecular complexity index is 304. The molecule has 16 heavy (non-hydrogen) atoms. The molecule has 1 saturated heterocycles. The van der Waals surface area contributed by atoms with Gasteiger partial charge in [-0.1, -0.05) is 0 Å². The average molecular weight is 242 g/mol. The molecule has 0 aromatic heterocycles. The van der Waals surface area contributed by atoms with Crippen molar-refractivity contribution in [3.05, 3.63) is 0 Å². The highest BCUT2D eigenvalue weighted by atomic mass is 32.2. The lowest BCUT2D eigenvalue weighted by atomic mass is 9.95. The molecule has 1 fully saturated rings. The minimum Gasteiger partial charge on any atom is -0.355 e. The maximum atomic E-state index is 10.7. The van der Waals surface area contributed by atoms with Gasteiger partial charge in [-0.25, -0.2) is 4.31 Å². The van der Waals surface area contributed by atoms with Crippen LogP contribution >= 0.6 is 12.1 Å². The highest BCUT2D eigenvalue weighted by molar-refractivity contribution is 7.95. The first kappa shape index (κ1) is 12.8. The van der Waals surface area contributed by atoms with E-state index < -0.39 is 0 Å². The molecule has 1 aliphatic heterocycles. The minimum atomic E-state index is -0.236. The van der Waals surface area contributed by atoms with E-state index in [4.69, 9.17) is 5.26 Å². The van der Waals surface area contributed by atoms with E-state index in [1.165, 1.54) is 19.1 Å². The van der Waals surface area contributed by atoms with Crippen LogP contribution in [0, 0.1) is 17.2 Å². The normalized spacial score (nSPS) is 25.5. The van der Waals surface area contributed by atoms with Gasteiger partial charge < -0.3 is 5.32 Å². The fourth-order valence-electron chi connectivity index (χ4n) is 1.55. The fourth-order valence-corrected chi connectivity index (χ4v) is 2.24. The van der Waals surface area contributed by atoms with E-state index in [1.54, 1.807) is 0 Å². The van der Waals surface area contributed by atoms with Crippen LogP contribution in [0.1, 0.15) is 13.3 Å². The summed E-state index contributed by atoms with van der Waals surface area (Å²) in [4.78, 5) is 21.1. The Morgan fingerprint density at radius 1 is 1.69 bits per heavy atom. The molecular weight excluding hydrogens is 228 g/mol. The van der Waals surface area contributed by atoms with Gasteiger partial charge in [-0.05, 0) is 6.42 Å². The zero-order valence-electron chi connectivity index (χ0n) is 8.97. The van der Waals surface area contributed by atoms with E-state index in [0.29, 0.717) is 19.4 Å². The number of carbonyl (C=O) groups excluding carboxylic acids is 2. The lowest BCUT2D eigenvalue weighted by Gasteiger charge is -2.33. The van der Waals surface area contributed by atoms with Crippen LogP contribution in [0.5, 0.6) is 0 Å². The number of carbonyl (C=O) groups is 2. The first-order valence-electron chi connectivity index (χ1n) is 4.95. The summed E-state index contributed by atoms with van der Waals surface area (Å²) in [7, 11) is 0. The van der Waals surface area contributed by atoms with Gasteiger partial charge in [0.15, 0.2) is 0 Å². The number of hydrogen-bond donors (Lipinski definition) is 2. The second kappa shape index (κ2) is 6.35. The van der Waals surface area contributed by atoms with E-state index in [0.717, 1.165) is 6.54 Å². The van der Waals surface area contributed by atoms with Gasteiger partial charge in [-0.15, -0.1) is 0 Å². The molecule has 2 N–H and O–H groups in total. The van der Waals surface area contributed by atoms with Crippen molar-refractivity contribution >= 4 is 24.5 Å². The zero-order valence-corrected chi connectivity index (χ0v) is 9.79. The minimum absolute atomic E-state index is 0.0864. The van der Waals surface area contributed by atoms with Crippen LogP contribution in [0.2, 0.25) is 0 Å². The number of nitrogens with one attached hydrogen (secondary N) is 2. The molecule has 2 atom stereocenters. The summed E-state index contributed by atoms with van der Waals surface area (Å²) < 4.78 is 4.53. The summed E-state index contributed by atoms with van der Waals surface area (Å²) in [5.74, 6) is -0.355. The van der Waals surface area contributed by atoms with Crippen molar-refractivity contribution in [1.82, 2.24) is 14.3 Å². The van der Waals surface area contributed by atoms with Crippen LogP contribution in [0.3, 0.4) is 0 Å². The van der Waals surface area contributed by atoms with Crippen molar-refractivity contribution in [3.63, 3.8) is 0 Å². The number of rotatable bonds is 4. The van der Waals surface area contributed by atoms with Gasteiger partial charge in [0.25, 0.3) is 0 Å². The summed E-state index contributed by atoms with van der Waals surface area (Å²) in [5, 5.41) is 11.6. The summed E-state index contributed by atoms with van der Waals surface area (Å²) in [5.41, 5.74) is 0. The second-order valence-electron chi connectivity index (χ2n) is 3.55. The average Bonchev–Trinajstić information content (AvgIpc) is 2.28. The summed E-state index contributed by atoms with van der Waals surface area (Å²) in [6.07, 6.45) is 1.34. The van der Waals surface area contributed by atoms with Crippen molar-refractivity contribution in [1.29, 1.82) is 5.26 Å². The lowest BCUT2D eigenvalue weighted by molar-refractivity contribution is -0.117. The first-order chi connectivity index (χ1) is 7.67. The third-order valence-corrected chi connectivity index (χ3v) is 3.31. The molecule has 0 spiro atoms. The Kier molecular flexibility index (Phi) is 5.08. The summed E-state index contributed by atoms with van der Waals surface area (Å²) >= 11 is 1.21. The summed E-state index contributed by atoms with van der Waals surface area (Å²) in [6, 6.07) is 2.08. The van der Waals surface area contributed by atoms with Crippen molar-refractivity contribution < 1.29 is 9.59 Å². The van der Waals surface area contributed by atoms with Crippen LogP contribution in [0.25, 0.3) is 0 Å². The van der Waals surface area contributed by atoms with Crippen molar-refractivity contribution in [3.8, 4) is 6.07 Å². The topological polar surface area (TPSA) is 85.2 Å². The molecule has 0 radical (unpaired) electrons. The molecule has 2 unspecified atom stereocenters. The Hall–Kier alpha value is -1.26. The van der Waals surface area contributed by atoms with E-state index in [-0.39, 0.29) is 17.9 Å². The first-order valence-corrected chi connectivity index (χ1v) is 5.72. The van der Waals surface area contributed by atoms with Gasteiger partial charge in [-0.3, -0.25) is 14.3 Å². The van der Waals surface area contributed by atoms with Crippen LogP contribution in [0.15, 0.2) is 0 Å². The van der Waals surface area contributed by atoms with Gasteiger partial charge >= 0.3 is 0 Å². The fraction of sp³-hybridized carbons (Fsp3) is 0.667. The van der Waals surface area contributed by atoms with Crippen LogP contribution < -0.4 is 10.0 Å². The molecule has 0 aromatic carbocycles. The third-order valence-electron chi connectivity index (χ3n) is 2.34. The van der Waals surface area contributed by atoms with Gasteiger partial charge in [-0.2, -0.15) is 5.26 Å². The van der Waals surface area contributed by atoms with Gasteiger partial charge in [0.1, 0.15) is 0 Å². The van der Waals surface area contributed by atoms with Crippen molar-refractivity contribution in [2.75, 3.05) is 13.1 Å². The van der Waals surface area contributed by atoms with Crippen molar-refractivity contribution in [2.24, 2.45) is 5.92 Å². The largest absolute Gasteiger partial charge is 0.355 e. The maximum absolute atomic E-state index is 10.7. The monoisotopic (exact) mass is 242 g/mol. The molecule has 88 valence electrons. The third kappa shape index (κ3) is 3.72. The second-order valence-corrected chi connectivity index (χ2v) is 4.46. The Labute approximate surface area is 98.6 Å². The molecule has 0 saturated carbocycles. The summed E-state index contributed by atoms with van der Waals surface area (Å²) in [6.45, 7) is 2.71.